The van der Waals surface area contributed by atoms with Crippen LogP contribution >= 0.6 is 0 Å². The van der Waals surface area contributed by atoms with Crippen LogP contribution in [0.3, 0.4) is 0 Å². The Morgan fingerprint density at radius 3 is 2.90 bits per heavy atom. The number of rotatable bonds is 2. The molecule has 0 aliphatic heterocycles. The molecule has 2 aliphatic rings. The van der Waals surface area contributed by atoms with Gasteiger partial charge in [0.05, 0.1) is 11.6 Å². The van der Waals surface area contributed by atoms with E-state index in [0.29, 0.717) is 5.92 Å². The lowest BCUT2D eigenvalue weighted by molar-refractivity contribution is -0.129. The van der Waals surface area contributed by atoms with Gasteiger partial charge in [-0.1, -0.05) is 44.0 Å². The third kappa shape index (κ3) is 2.98. The monoisotopic (exact) mass is 286 g/mol. The van der Waals surface area contributed by atoms with Crippen LogP contribution < -0.4 is 11.1 Å². The number of hydrogen-bond acceptors (Lipinski definition) is 2. The molecule has 21 heavy (non-hydrogen) atoms. The summed E-state index contributed by atoms with van der Waals surface area (Å²) in [6, 6.07) is 8.60. The van der Waals surface area contributed by atoms with Gasteiger partial charge in [0.15, 0.2) is 0 Å². The number of nitrogens with two attached hydrogens (primary N) is 1. The lowest BCUT2D eigenvalue weighted by Crippen LogP contribution is -2.56. The first kappa shape index (κ1) is 14.6. The fourth-order valence-electron chi connectivity index (χ4n) is 4.00. The average molecular weight is 286 g/mol. The number of nitrogens with one attached hydrogen (secondary N) is 1. The summed E-state index contributed by atoms with van der Waals surface area (Å²) in [5, 5.41) is 3.24. The first-order valence-corrected chi connectivity index (χ1v) is 8.26. The highest BCUT2D eigenvalue weighted by atomic mass is 16.2. The lowest BCUT2D eigenvalue weighted by atomic mass is 9.76. The summed E-state index contributed by atoms with van der Waals surface area (Å²) in [5.74, 6) is 0.601. The molecule has 114 valence electrons. The predicted octanol–water partition coefficient (Wildman–Crippen LogP) is 3.09. The first-order valence-electron chi connectivity index (χ1n) is 8.26. The Morgan fingerprint density at radius 1 is 1.29 bits per heavy atom. The molecule has 3 atom stereocenters. The molecule has 1 aromatic rings. The van der Waals surface area contributed by atoms with E-state index in [1.165, 1.54) is 17.5 Å². The quantitative estimate of drug-likeness (QED) is 0.878. The maximum Gasteiger partial charge on any atom is 0.240 e. The van der Waals surface area contributed by atoms with Crippen molar-refractivity contribution in [3.05, 3.63) is 35.4 Å². The molecule has 3 rings (SSSR count). The molecule has 3 unspecified atom stereocenters. The van der Waals surface area contributed by atoms with Crippen molar-refractivity contribution in [3.63, 3.8) is 0 Å². The topological polar surface area (TPSA) is 55.1 Å². The van der Waals surface area contributed by atoms with Gasteiger partial charge < -0.3 is 11.1 Å². The summed E-state index contributed by atoms with van der Waals surface area (Å²) >= 11 is 0. The van der Waals surface area contributed by atoms with E-state index in [0.717, 1.165) is 38.5 Å². The van der Waals surface area contributed by atoms with Crippen molar-refractivity contribution in [3.8, 4) is 0 Å². The molecule has 0 aromatic heterocycles. The van der Waals surface area contributed by atoms with Crippen molar-refractivity contribution in [2.24, 2.45) is 11.7 Å². The van der Waals surface area contributed by atoms with Crippen LogP contribution in [0.5, 0.6) is 0 Å². The lowest BCUT2D eigenvalue weighted by Gasteiger charge is -2.37. The van der Waals surface area contributed by atoms with Crippen molar-refractivity contribution in [2.45, 2.75) is 63.5 Å². The molecule has 2 aliphatic carbocycles. The van der Waals surface area contributed by atoms with Crippen LogP contribution in [0, 0.1) is 5.92 Å². The summed E-state index contributed by atoms with van der Waals surface area (Å²) in [4.78, 5) is 12.7. The summed E-state index contributed by atoms with van der Waals surface area (Å²) in [6.45, 7) is 2.20. The van der Waals surface area contributed by atoms with Crippen molar-refractivity contribution in [1.29, 1.82) is 0 Å². The minimum Gasteiger partial charge on any atom is -0.348 e. The van der Waals surface area contributed by atoms with Gasteiger partial charge in [-0.2, -0.15) is 0 Å². The smallest absolute Gasteiger partial charge is 0.240 e. The van der Waals surface area contributed by atoms with Gasteiger partial charge in [-0.25, -0.2) is 0 Å². The highest BCUT2D eigenvalue weighted by molar-refractivity contribution is 5.86. The van der Waals surface area contributed by atoms with Crippen molar-refractivity contribution >= 4 is 5.91 Å². The maximum atomic E-state index is 12.7. The van der Waals surface area contributed by atoms with Gasteiger partial charge in [-0.15, -0.1) is 0 Å². The summed E-state index contributed by atoms with van der Waals surface area (Å²) in [6.07, 6.45) is 7.16. The second-order valence-corrected chi connectivity index (χ2v) is 6.97. The Labute approximate surface area is 127 Å². The van der Waals surface area contributed by atoms with E-state index in [2.05, 4.69) is 36.5 Å². The van der Waals surface area contributed by atoms with Gasteiger partial charge in [-0.3, -0.25) is 4.79 Å². The summed E-state index contributed by atoms with van der Waals surface area (Å²) in [5.41, 5.74) is 8.41. The van der Waals surface area contributed by atoms with Crippen LogP contribution in [0.25, 0.3) is 0 Å². The van der Waals surface area contributed by atoms with Crippen molar-refractivity contribution in [1.82, 2.24) is 5.32 Å². The molecule has 3 N–H and O–H groups in total. The van der Waals surface area contributed by atoms with Crippen LogP contribution in [0.1, 0.15) is 62.6 Å². The molecule has 0 spiro atoms. The molecule has 0 saturated heterocycles. The third-order valence-corrected chi connectivity index (χ3v) is 5.16. The zero-order valence-electron chi connectivity index (χ0n) is 12.9. The fraction of sp³-hybridized carbons (Fsp3) is 0.611. The summed E-state index contributed by atoms with van der Waals surface area (Å²) in [7, 11) is 0. The number of aryl methyl sites for hydroxylation is 1. The normalized spacial score (nSPS) is 32.3. The Balaban J connectivity index is 1.74. The molecule has 0 heterocycles. The molecule has 1 amide bonds. The van der Waals surface area contributed by atoms with Gasteiger partial charge >= 0.3 is 0 Å². The van der Waals surface area contributed by atoms with Crippen LogP contribution in [0.4, 0.5) is 0 Å². The largest absolute Gasteiger partial charge is 0.348 e. The van der Waals surface area contributed by atoms with E-state index < -0.39 is 5.54 Å². The molecule has 1 fully saturated rings. The van der Waals surface area contributed by atoms with E-state index in [9.17, 15) is 4.79 Å². The van der Waals surface area contributed by atoms with E-state index in [-0.39, 0.29) is 11.9 Å². The zero-order chi connectivity index (χ0) is 14.9. The SMILES string of the molecule is CC1CCCC(N)(C(=O)NC2CCCc3ccccc32)C1. The molecule has 0 radical (unpaired) electrons. The number of amides is 1. The van der Waals surface area contributed by atoms with E-state index in [1.54, 1.807) is 0 Å². The highest BCUT2D eigenvalue weighted by Gasteiger charge is 2.39. The Kier molecular flexibility index (Phi) is 4.03. The van der Waals surface area contributed by atoms with Gasteiger partial charge in [0.2, 0.25) is 5.91 Å². The molecule has 3 nitrogen and oxygen atoms in total. The second kappa shape index (κ2) is 5.80. The first-order chi connectivity index (χ1) is 10.1. The van der Waals surface area contributed by atoms with Gasteiger partial charge in [0, 0.05) is 0 Å². The Bertz CT molecular complexity index is 528. The second-order valence-electron chi connectivity index (χ2n) is 6.97. The van der Waals surface area contributed by atoms with Crippen LogP contribution in [-0.2, 0) is 11.2 Å². The molecular weight excluding hydrogens is 260 g/mol. The van der Waals surface area contributed by atoms with Crippen molar-refractivity contribution < 1.29 is 4.79 Å². The van der Waals surface area contributed by atoms with Crippen LogP contribution in [-0.4, -0.2) is 11.4 Å². The number of hydrogen-bond donors (Lipinski definition) is 2. The molecule has 1 aromatic carbocycles. The minimum absolute atomic E-state index is 0.0516. The molecule has 1 saturated carbocycles. The van der Waals surface area contributed by atoms with E-state index in [1.807, 2.05) is 0 Å². The van der Waals surface area contributed by atoms with E-state index >= 15 is 0 Å². The standard InChI is InChI=1S/C18H26N2O/c1-13-6-5-11-18(19,12-13)17(21)20-16-10-4-8-14-7-2-3-9-15(14)16/h2-3,7,9,13,16H,4-6,8,10-12,19H2,1H3,(H,20,21). The number of benzene rings is 1. The molecular formula is C18H26N2O. The van der Waals surface area contributed by atoms with E-state index in [4.69, 9.17) is 5.73 Å². The maximum absolute atomic E-state index is 12.7. The van der Waals surface area contributed by atoms with Gasteiger partial charge in [-0.05, 0) is 49.1 Å². The number of fused-ring (bicyclic) bond motifs is 1. The molecule has 3 heteroatoms. The average Bonchev–Trinajstić information content (AvgIpc) is 2.47. The van der Waals surface area contributed by atoms with Crippen LogP contribution in [0.15, 0.2) is 24.3 Å². The number of carbonyl (C=O) groups is 1. The third-order valence-electron chi connectivity index (χ3n) is 5.16. The zero-order valence-corrected chi connectivity index (χ0v) is 12.9. The van der Waals surface area contributed by atoms with Gasteiger partial charge in [0.1, 0.15) is 0 Å². The predicted molar refractivity (Wildman–Crippen MR) is 84.8 cm³/mol. The minimum atomic E-state index is -0.663. The Hall–Kier alpha value is -1.35. The van der Waals surface area contributed by atoms with Gasteiger partial charge in [0.25, 0.3) is 0 Å². The Morgan fingerprint density at radius 2 is 2.10 bits per heavy atom. The fourth-order valence-corrected chi connectivity index (χ4v) is 4.00. The van der Waals surface area contributed by atoms with Crippen molar-refractivity contribution in [2.75, 3.05) is 0 Å². The summed E-state index contributed by atoms with van der Waals surface area (Å²) < 4.78 is 0. The number of carbonyl (C=O) groups excluding carboxylic acids is 1. The van der Waals surface area contributed by atoms with Crippen LogP contribution in [0.2, 0.25) is 0 Å². The highest BCUT2D eigenvalue weighted by Crippen LogP contribution is 2.33. The molecule has 0 bridgehead atoms.